The lowest BCUT2D eigenvalue weighted by atomic mass is 10.2. The summed E-state index contributed by atoms with van der Waals surface area (Å²) in [5, 5.41) is 13.4. The van der Waals surface area contributed by atoms with Gasteiger partial charge in [-0.15, -0.1) is 0 Å². The molecule has 0 spiro atoms. The predicted octanol–water partition coefficient (Wildman–Crippen LogP) is -0.186. The van der Waals surface area contributed by atoms with Gasteiger partial charge in [0.1, 0.15) is 12.1 Å². The van der Waals surface area contributed by atoms with E-state index in [1.54, 1.807) is 0 Å². The molecule has 0 aromatic heterocycles. The van der Waals surface area contributed by atoms with Gasteiger partial charge in [-0.1, -0.05) is 0 Å². The molecular weight excluding hydrogens is 280 g/mol. The number of nitrogens with one attached hydrogen (secondary N) is 2. The maximum Gasteiger partial charge on any atom is 0.325 e. The number of rotatable bonds is 9. The monoisotopic (exact) mass is 302 g/mol. The molecule has 0 aliphatic carbocycles. The zero-order valence-electron chi connectivity index (χ0n) is 12.5. The standard InChI is InChI=1S/C13H22N2O6/c1-8(12(18)15-9(2)13(19)20)14-10(16)6-4-5-7-11(17)21-3/h8-9H,4-7H2,1-3H3,(H,14,16)(H,15,18)(H,19,20)/t8-,9+/m0/s1. The van der Waals surface area contributed by atoms with Crippen LogP contribution in [0.25, 0.3) is 0 Å². The Kier molecular flexibility index (Phi) is 8.75. The minimum Gasteiger partial charge on any atom is -0.480 e. The number of amides is 2. The molecule has 0 rings (SSSR count). The minimum atomic E-state index is -1.15. The van der Waals surface area contributed by atoms with E-state index in [9.17, 15) is 19.2 Å². The van der Waals surface area contributed by atoms with Crippen molar-refractivity contribution in [1.82, 2.24) is 10.6 Å². The van der Waals surface area contributed by atoms with E-state index in [0.717, 1.165) is 0 Å². The van der Waals surface area contributed by atoms with Gasteiger partial charge in [0.05, 0.1) is 7.11 Å². The highest BCUT2D eigenvalue weighted by Gasteiger charge is 2.20. The van der Waals surface area contributed by atoms with Gasteiger partial charge >= 0.3 is 11.9 Å². The number of esters is 1. The number of hydrogen-bond donors (Lipinski definition) is 3. The average molecular weight is 302 g/mol. The van der Waals surface area contributed by atoms with Crippen molar-refractivity contribution in [1.29, 1.82) is 0 Å². The summed E-state index contributed by atoms with van der Waals surface area (Å²) in [5.41, 5.74) is 0. The summed E-state index contributed by atoms with van der Waals surface area (Å²) in [4.78, 5) is 44.6. The first-order chi connectivity index (χ1) is 9.77. The van der Waals surface area contributed by atoms with Gasteiger partial charge < -0.3 is 20.5 Å². The van der Waals surface area contributed by atoms with Crippen molar-refractivity contribution >= 4 is 23.8 Å². The number of carboxylic acid groups (broad SMARTS) is 1. The number of methoxy groups -OCH3 is 1. The lowest BCUT2D eigenvalue weighted by molar-refractivity contribution is -0.142. The molecule has 0 aromatic rings. The van der Waals surface area contributed by atoms with Crippen molar-refractivity contribution in [2.75, 3.05) is 7.11 Å². The normalized spacial score (nSPS) is 12.9. The molecule has 0 aliphatic heterocycles. The van der Waals surface area contributed by atoms with Crippen LogP contribution >= 0.6 is 0 Å². The Morgan fingerprint density at radius 1 is 1.00 bits per heavy atom. The van der Waals surface area contributed by atoms with E-state index in [0.29, 0.717) is 12.8 Å². The Morgan fingerprint density at radius 2 is 1.57 bits per heavy atom. The van der Waals surface area contributed by atoms with Crippen molar-refractivity contribution in [2.24, 2.45) is 0 Å². The van der Waals surface area contributed by atoms with Gasteiger partial charge in [-0.25, -0.2) is 0 Å². The van der Waals surface area contributed by atoms with E-state index in [-0.39, 0.29) is 24.7 Å². The molecule has 0 fully saturated rings. The molecule has 3 N–H and O–H groups in total. The SMILES string of the molecule is COC(=O)CCCCC(=O)N[C@@H](C)C(=O)N[C@H](C)C(=O)O. The molecule has 8 nitrogen and oxygen atoms in total. The summed E-state index contributed by atoms with van der Waals surface area (Å²) in [6.45, 7) is 2.80. The van der Waals surface area contributed by atoms with Crippen LogP contribution in [0.4, 0.5) is 0 Å². The summed E-state index contributed by atoms with van der Waals surface area (Å²) in [7, 11) is 1.30. The summed E-state index contributed by atoms with van der Waals surface area (Å²) in [6, 6.07) is -1.84. The van der Waals surface area contributed by atoms with E-state index in [4.69, 9.17) is 5.11 Å². The van der Waals surface area contributed by atoms with Crippen molar-refractivity contribution in [2.45, 2.75) is 51.6 Å². The van der Waals surface area contributed by atoms with Gasteiger partial charge in [-0.2, -0.15) is 0 Å². The van der Waals surface area contributed by atoms with Crippen LogP contribution in [0.5, 0.6) is 0 Å². The second kappa shape index (κ2) is 9.73. The van der Waals surface area contributed by atoms with E-state index in [1.807, 2.05) is 0 Å². The highest BCUT2D eigenvalue weighted by atomic mass is 16.5. The number of carbonyl (C=O) groups is 4. The second-order valence-electron chi connectivity index (χ2n) is 4.64. The average Bonchev–Trinajstić information content (AvgIpc) is 2.42. The number of aliphatic carboxylic acids is 1. The van der Waals surface area contributed by atoms with Crippen LogP contribution in [0.1, 0.15) is 39.5 Å². The summed E-state index contributed by atoms with van der Waals surface area (Å²) < 4.78 is 4.47. The first-order valence-electron chi connectivity index (χ1n) is 6.67. The van der Waals surface area contributed by atoms with Crippen molar-refractivity contribution in [3.05, 3.63) is 0 Å². The van der Waals surface area contributed by atoms with Crippen LogP contribution in [0, 0.1) is 0 Å². The molecule has 2 amide bonds. The fourth-order valence-electron chi connectivity index (χ4n) is 1.44. The summed E-state index contributed by atoms with van der Waals surface area (Å²) in [5.74, 6) is -2.37. The van der Waals surface area contributed by atoms with Crippen LogP contribution in [0.2, 0.25) is 0 Å². The van der Waals surface area contributed by atoms with Gasteiger partial charge in [0.25, 0.3) is 0 Å². The molecule has 0 aromatic carbocycles. The van der Waals surface area contributed by atoms with Crippen LogP contribution in [0.3, 0.4) is 0 Å². The van der Waals surface area contributed by atoms with Crippen LogP contribution in [-0.4, -0.2) is 48.1 Å². The zero-order valence-corrected chi connectivity index (χ0v) is 12.5. The van der Waals surface area contributed by atoms with Gasteiger partial charge in [0.2, 0.25) is 11.8 Å². The minimum absolute atomic E-state index is 0.184. The van der Waals surface area contributed by atoms with Gasteiger partial charge in [-0.05, 0) is 26.7 Å². The van der Waals surface area contributed by atoms with E-state index < -0.39 is 24.0 Å². The second-order valence-corrected chi connectivity index (χ2v) is 4.64. The lowest BCUT2D eigenvalue weighted by Crippen LogP contribution is -2.49. The Balaban J connectivity index is 3.95. The first-order valence-corrected chi connectivity index (χ1v) is 6.67. The van der Waals surface area contributed by atoms with Gasteiger partial charge in [0, 0.05) is 12.8 Å². The highest BCUT2D eigenvalue weighted by molar-refractivity contribution is 5.89. The fraction of sp³-hybridized carbons (Fsp3) is 0.692. The largest absolute Gasteiger partial charge is 0.480 e. The quantitative estimate of drug-likeness (QED) is 0.401. The first kappa shape index (κ1) is 18.9. The molecule has 0 heterocycles. The van der Waals surface area contributed by atoms with Crippen molar-refractivity contribution in [3.63, 3.8) is 0 Å². The van der Waals surface area contributed by atoms with Gasteiger partial charge in [0.15, 0.2) is 0 Å². The van der Waals surface area contributed by atoms with Crippen molar-refractivity contribution in [3.8, 4) is 0 Å². The topological polar surface area (TPSA) is 122 Å². The van der Waals surface area contributed by atoms with E-state index >= 15 is 0 Å². The van der Waals surface area contributed by atoms with E-state index in [2.05, 4.69) is 15.4 Å². The van der Waals surface area contributed by atoms with E-state index in [1.165, 1.54) is 21.0 Å². The predicted molar refractivity (Wildman–Crippen MR) is 73.3 cm³/mol. The third-order valence-electron chi connectivity index (χ3n) is 2.76. The van der Waals surface area contributed by atoms with Crippen LogP contribution < -0.4 is 10.6 Å². The molecule has 0 unspecified atom stereocenters. The third kappa shape index (κ3) is 8.61. The molecule has 8 heteroatoms. The Morgan fingerprint density at radius 3 is 2.10 bits per heavy atom. The third-order valence-corrected chi connectivity index (χ3v) is 2.76. The Hall–Kier alpha value is -2.12. The lowest BCUT2D eigenvalue weighted by Gasteiger charge is -2.16. The number of carboxylic acids is 1. The fourth-order valence-corrected chi connectivity index (χ4v) is 1.44. The molecule has 0 radical (unpaired) electrons. The highest BCUT2D eigenvalue weighted by Crippen LogP contribution is 2.01. The summed E-state index contributed by atoms with van der Waals surface area (Å²) in [6.07, 6.45) is 1.45. The summed E-state index contributed by atoms with van der Waals surface area (Å²) >= 11 is 0. The van der Waals surface area contributed by atoms with Gasteiger partial charge in [-0.3, -0.25) is 19.2 Å². The molecule has 21 heavy (non-hydrogen) atoms. The number of carbonyl (C=O) groups excluding carboxylic acids is 3. The van der Waals surface area contributed by atoms with Crippen LogP contribution in [0.15, 0.2) is 0 Å². The molecule has 0 saturated heterocycles. The maximum absolute atomic E-state index is 11.6. The number of ether oxygens (including phenoxy) is 1. The molecule has 0 aliphatic rings. The molecule has 0 saturated carbocycles. The van der Waals surface area contributed by atoms with Crippen molar-refractivity contribution < 1.29 is 29.0 Å². The smallest absolute Gasteiger partial charge is 0.325 e. The zero-order chi connectivity index (χ0) is 16.4. The molecular formula is C13H22N2O6. The molecule has 120 valence electrons. The Bertz CT molecular complexity index is 396. The Labute approximate surface area is 123 Å². The van der Waals surface area contributed by atoms with Crippen LogP contribution in [-0.2, 0) is 23.9 Å². The number of hydrogen-bond acceptors (Lipinski definition) is 5. The molecule has 2 atom stereocenters. The molecule has 0 bridgehead atoms. The number of unbranched alkanes of at least 4 members (excludes halogenated alkanes) is 1. The maximum atomic E-state index is 11.6.